The Kier molecular flexibility index (Phi) is 5.17. The Balaban J connectivity index is 1.94. The summed E-state index contributed by atoms with van der Waals surface area (Å²) in [6, 6.07) is 7.43. The number of anilines is 1. The zero-order valence-electron chi connectivity index (χ0n) is 16.4. The third kappa shape index (κ3) is 3.30. The van der Waals surface area contributed by atoms with Crippen molar-refractivity contribution < 1.29 is 4.74 Å². The minimum atomic E-state index is -0.0404. The molecule has 28 heavy (non-hydrogen) atoms. The maximum absolute atomic E-state index is 13.6. The summed E-state index contributed by atoms with van der Waals surface area (Å²) in [6.45, 7) is 3.99. The number of nitrogens with one attached hydrogen (secondary N) is 1. The van der Waals surface area contributed by atoms with Crippen LogP contribution < -0.4 is 15.7 Å². The average Bonchev–Trinajstić information content (AvgIpc) is 3.10. The van der Waals surface area contributed by atoms with Crippen LogP contribution >= 0.6 is 11.3 Å². The molecule has 7 heteroatoms. The number of hydrazone groups is 1. The molecule has 0 bridgehead atoms. The second-order valence-corrected chi connectivity index (χ2v) is 8.06. The highest BCUT2D eigenvalue weighted by molar-refractivity contribution is 7.18. The third-order valence-electron chi connectivity index (χ3n) is 5.18. The quantitative estimate of drug-likeness (QED) is 0.508. The van der Waals surface area contributed by atoms with Crippen molar-refractivity contribution in [2.75, 3.05) is 12.5 Å². The Labute approximate surface area is 167 Å². The number of nitrogens with zero attached hydrogens (tertiary/aromatic N) is 3. The van der Waals surface area contributed by atoms with E-state index in [2.05, 4.69) is 10.5 Å². The van der Waals surface area contributed by atoms with Gasteiger partial charge in [-0.3, -0.25) is 4.79 Å². The molecule has 3 aromatic rings. The van der Waals surface area contributed by atoms with Crippen molar-refractivity contribution in [2.24, 2.45) is 5.10 Å². The SMILES string of the molecule is CCC(C)=NNc1nc2sc3c(c2c(=O)n1-c1ccc(OC)cc1)CCCC3. The van der Waals surface area contributed by atoms with E-state index in [9.17, 15) is 4.79 Å². The van der Waals surface area contributed by atoms with Gasteiger partial charge in [0.05, 0.1) is 18.2 Å². The van der Waals surface area contributed by atoms with Gasteiger partial charge in [-0.2, -0.15) is 5.10 Å². The number of thiophene rings is 1. The minimum absolute atomic E-state index is 0.0404. The second kappa shape index (κ2) is 7.75. The fourth-order valence-electron chi connectivity index (χ4n) is 3.48. The number of ether oxygens (including phenoxy) is 1. The molecule has 0 fully saturated rings. The molecule has 0 amide bonds. The van der Waals surface area contributed by atoms with Crippen LogP contribution in [0.4, 0.5) is 5.95 Å². The van der Waals surface area contributed by atoms with Gasteiger partial charge in [0.2, 0.25) is 5.95 Å². The maximum Gasteiger partial charge on any atom is 0.268 e. The Hall–Kier alpha value is -2.67. The van der Waals surface area contributed by atoms with E-state index in [0.717, 1.165) is 53.0 Å². The highest BCUT2D eigenvalue weighted by Gasteiger charge is 2.22. The van der Waals surface area contributed by atoms with Crippen LogP contribution in [0.5, 0.6) is 5.75 Å². The smallest absolute Gasteiger partial charge is 0.268 e. The average molecular weight is 397 g/mol. The first-order valence-electron chi connectivity index (χ1n) is 9.63. The van der Waals surface area contributed by atoms with Crippen LogP contribution in [0.2, 0.25) is 0 Å². The number of methoxy groups -OCH3 is 1. The molecular weight excluding hydrogens is 372 g/mol. The number of benzene rings is 1. The topological polar surface area (TPSA) is 68.5 Å². The zero-order chi connectivity index (χ0) is 19.7. The van der Waals surface area contributed by atoms with Crippen molar-refractivity contribution in [3.63, 3.8) is 0 Å². The molecule has 0 radical (unpaired) electrons. The summed E-state index contributed by atoms with van der Waals surface area (Å²) in [5.74, 6) is 1.18. The summed E-state index contributed by atoms with van der Waals surface area (Å²) < 4.78 is 6.87. The first-order valence-corrected chi connectivity index (χ1v) is 10.4. The summed E-state index contributed by atoms with van der Waals surface area (Å²) in [5.41, 5.74) is 5.85. The van der Waals surface area contributed by atoms with Gasteiger partial charge in [0.15, 0.2) is 0 Å². The first-order chi connectivity index (χ1) is 13.6. The van der Waals surface area contributed by atoms with E-state index < -0.39 is 0 Å². The molecule has 0 saturated carbocycles. The Morgan fingerprint density at radius 1 is 1.29 bits per heavy atom. The van der Waals surface area contributed by atoms with Crippen molar-refractivity contribution in [3.05, 3.63) is 45.1 Å². The zero-order valence-corrected chi connectivity index (χ0v) is 17.2. The predicted molar refractivity (Wildman–Crippen MR) is 115 cm³/mol. The number of fused-ring (bicyclic) bond motifs is 3. The lowest BCUT2D eigenvalue weighted by Crippen LogP contribution is -2.23. The Morgan fingerprint density at radius 2 is 2.04 bits per heavy atom. The maximum atomic E-state index is 13.6. The number of hydrogen-bond acceptors (Lipinski definition) is 6. The lowest BCUT2D eigenvalue weighted by Gasteiger charge is -2.14. The molecule has 0 atom stereocenters. The number of rotatable bonds is 5. The predicted octanol–water partition coefficient (Wildman–Crippen LogP) is 4.53. The van der Waals surface area contributed by atoms with Crippen LogP contribution in [-0.4, -0.2) is 22.4 Å². The summed E-state index contributed by atoms with van der Waals surface area (Å²) in [6.07, 6.45) is 5.12. The second-order valence-electron chi connectivity index (χ2n) is 6.98. The molecule has 1 aliphatic carbocycles. The molecule has 146 valence electrons. The van der Waals surface area contributed by atoms with E-state index in [0.29, 0.717) is 5.95 Å². The van der Waals surface area contributed by atoms with E-state index >= 15 is 0 Å². The monoisotopic (exact) mass is 396 g/mol. The normalized spacial score (nSPS) is 14.2. The number of aromatic nitrogens is 2. The van der Waals surface area contributed by atoms with Crippen LogP contribution in [0.3, 0.4) is 0 Å². The molecule has 2 aromatic heterocycles. The molecule has 0 aliphatic heterocycles. The molecule has 1 N–H and O–H groups in total. The lowest BCUT2D eigenvalue weighted by molar-refractivity contribution is 0.414. The Morgan fingerprint density at radius 3 is 2.75 bits per heavy atom. The highest BCUT2D eigenvalue weighted by Crippen LogP contribution is 2.34. The van der Waals surface area contributed by atoms with Crippen LogP contribution in [-0.2, 0) is 12.8 Å². The van der Waals surface area contributed by atoms with Crippen molar-refractivity contribution in [1.29, 1.82) is 0 Å². The van der Waals surface area contributed by atoms with Crippen molar-refractivity contribution in [1.82, 2.24) is 9.55 Å². The molecule has 2 heterocycles. The van der Waals surface area contributed by atoms with Crippen LogP contribution in [0, 0.1) is 0 Å². The van der Waals surface area contributed by atoms with E-state index in [4.69, 9.17) is 9.72 Å². The largest absolute Gasteiger partial charge is 0.497 e. The van der Waals surface area contributed by atoms with Crippen molar-refractivity contribution in [2.45, 2.75) is 46.0 Å². The fraction of sp³-hybridized carbons (Fsp3) is 0.381. The molecule has 4 rings (SSSR count). The highest BCUT2D eigenvalue weighted by atomic mass is 32.1. The summed E-state index contributed by atoms with van der Waals surface area (Å²) in [5, 5.41) is 5.15. The van der Waals surface area contributed by atoms with Gasteiger partial charge in [0.1, 0.15) is 10.6 Å². The number of hydrogen-bond donors (Lipinski definition) is 1. The third-order valence-corrected chi connectivity index (χ3v) is 6.36. The molecule has 1 aliphatic rings. The van der Waals surface area contributed by atoms with Gasteiger partial charge in [-0.05, 0) is 68.9 Å². The molecule has 1 aromatic carbocycles. The van der Waals surface area contributed by atoms with E-state index in [-0.39, 0.29) is 5.56 Å². The minimum Gasteiger partial charge on any atom is -0.497 e. The van der Waals surface area contributed by atoms with Gasteiger partial charge in [0.25, 0.3) is 5.56 Å². The standard InChI is InChI=1S/C21H24N4O2S/c1-4-13(2)23-24-21-22-19-18(16-7-5-6-8-17(16)28-19)20(26)25(21)14-9-11-15(27-3)12-10-14/h9-12H,4-8H2,1-3H3,(H,22,24). The van der Waals surface area contributed by atoms with Gasteiger partial charge < -0.3 is 4.74 Å². The Bertz CT molecular complexity index is 1100. The van der Waals surface area contributed by atoms with Crippen LogP contribution in [0.1, 0.15) is 43.6 Å². The van der Waals surface area contributed by atoms with Crippen molar-refractivity contribution in [3.8, 4) is 11.4 Å². The van der Waals surface area contributed by atoms with Crippen LogP contribution in [0.15, 0.2) is 34.2 Å². The molecule has 0 saturated heterocycles. The molecule has 0 unspecified atom stereocenters. The summed E-state index contributed by atoms with van der Waals surface area (Å²) in [4.78, 5) is 20.5. The van der Waals surface area contributed by atoms with Crippen molar-refractivity contribution >= 4 is 33.2 Å². The lowest BCUT2D eigenvalue weighted by atomic mass is 9.97. The van der Waals surface area contributed by atoms with Gasteiger partial charge in [-0.25, -0.2) is 15.0 Å². The van der Waals surface area contributed by atoms with E-state index in [1.807, 2.05) is 38.1 Å². The van der Waals surface area contributed by atoms with Gasteiger partial charge >= 0.3 is 0 Å². The summed E-state index contributed by atoms with van der Waals surface area (Å²) in [7, 11) is 1.63. The molecular formula is C21H24N4O2S. The summed E-state index contributed by atoms with van der Waals surface area (Å²) >= 11 is 1.65. The van der Waals surface area contributed by atoms with Crippen LogP contribution in [0.25, 0.3) is 15.9 Å². The van der Waals surface area contributed by atoms with E-state index in [1.54, 1.807) is 23.0 Å². The first kappa shape index (κ1) is 18.7. The van der Waals surface area contributed by atoms with Gasteiger partial charge in [0, 0.05) is 10.6 Å². The molecule has 0 spiro atoms. The van der Waals surface area contributed by atoms with Gasteiger partial charge in [-0.15, -0.1) is 11.3 Å². The molecule has 6 nitrogen and oxygen atoms in total. The van der Waals surface area contributed by atoms with E-state index in [1.165, 1.54) is 16.9 Å². The van der Waals surface area contributed by atoms with Gasteiger partial charge in [-0.1, -0.05) is 6.92 Å². The number of aryl methyl sites for hydroxylation is 2. The fourth-order valence-corrected chi connectivity index (χ4v) is 4.73.